The van der Waals surface area contributed by atoms with Crippen LogP contribution < -0.4 is 15.0 Å². The number of hydrogen-bond donors (Lipinski definition) is 1. The van der Waals surface area contributed by atoms with Crippen LogP contribution in [0.3, 0.4) is 0 Å². The molecule has 0 spiro atoms. The van der Waals surface area contributed by atoms with E-state index in [1.807, 2.05) is 41.3 Å². The minimum absolute atomic E-state index is 0.102. The SMILES string of the molecule is COc1ccccc1N1CCN(C(=O)c2ccc(NCc3ccco3)nn2)CC1. The number of hydrogen-bond acceptors (Lipinski definition) is 7. The Morgan fingerprint density at radius 3 is 2.59 bits per heavy atom. The smallest absolute Gasteiger partial charge is 0.274 e. The number of carbonyl (C=O) groups excluding carboxylic acids is 1. The van der Waals surface area contributed by atoms with Crippen LogP contribution in [-0.4, -0.2) is 54.3 Å². The minimum atomic E-state index is -0.102. The van der Waals surface area contributed by atoms with Crippen LogP contribution in [0.1, 0.15) is 16.2 Å². The molecule has 1 aromatic carbocycles. The van der Waals surface area contributed by atoms with Crippen LogP contribution in [0.25, 0.3) is 0 Å². The fraction of sp³-hybridized carbons (Fsp3) is 0.286. The van der Waals surface area contributed by atoms with E-state index in [0.717, 1.165) is 30.3 Å². The average molecular weight is 393 g/mol. The van der Waals surface area contributed by atoms with Gasteiger partial charge in [-0.25, -0.2) is 0 Å². The summed E-state index contributed by atoms with van der Waals surface area (Å²) in [5.41, 5.74) is 1.40. The number of ether oxygens (including phenoxy) is 1. The molecule has 150 valence electrons. The summed E-state index contributed by atoms with van der Waals surface area (Å²) in [4.78, 5) is 16.8. The van der Waals surface area contributed by atoms with Crippen molar-refractivity contribution in [1.82, 2.24) is 15.1 Å². The quantitative estimate of drug-likeness (QED) is 0.689. The van der Waals surface area contributed by atoms with Crippen LogP contribution in [0.5, 0.6) is 5.75 Å². The van der Waals surface area contributed by atoms with Crippen LogP contribution >= 0.6 is 0 Å². The number of aromatic nitrogens is 2. The molecule has 1 aliphatic heterocycles. The van der Waals surface area contributed by atoms with Crippen molar-refractivity contribution in [2.24, 2.45) is 0 Å². The number of benzene rings is 1. The standard InChI is InChI=1S/C21H23N5O3/c1-28-19-7-3-2-6-18(19)25-10-12-26(13-11-25)21(27)17-8-9-20(24-23-17)22-15-16-5-4-14-29-16/h2-9,14H,10-13,15H2,1H3,(H,22,24). The number of methoxy groups -OCH3 is 1. The van der Waals surface area contributed by atoms with Crippen LogP contribution in [-0.2, 0) is 6.54 Å². The van der Waals surface area contributed by atoms with Crippen LogP contribution in [0, 0.1) is 0 Å². The molecule has 0 radical (unpaired) electrons. The fourth-order valence-electron chi connectivity index (χ4n) is 3.33. The van der Waals surface area contributed by atoms with E-state index in [4.69, 9.17) is 9.15 Å². The van der Waals surface area contributed by atoms with Gasteiger partial charge in [-0.15, -0.1) is 10.2 Å². The first-order chi connectivity index (χ1) is 14.2. The Bertz CT molecular complexity index is 935. The second-order valence-electron chi connectivity index (χ2n) is 6.69. The number of carbonyl (C=O) groups is 1. The topological polar surface area (TPSA) is 83.7 Å². The molecule has 3 heterocycles. The lowest BCUT2D eigenvalue weighted by Gasteiger charge is -2.36. The Morgan fingerprint density at radius 1 is 1.07 bits per heavy atom. The molecule has 3 aromatic rings. The van der Waals surface area contributed by atoms with E-state index in [1.165, 1.54) is 0 Å². The zero-order valence-electron chi connectivity index (χ0n) is 16.2. The Balaban J connectivity index is 1.33. The highest BCUT2D eigenvalue weighted by Gasteiger charge is 2.24. The minimum Gasteiger partial charge on any atom is -0.495 e. The second kappa shape index (κ2) is 8.64. The lowest BCUT2D eigenvalue weighted by Crippen LogP contribution is -2.49. The van der Waals surface area contributed by atoms with E-state index in [1.54, 1.807) is 25.5 Å². The Hall–Kier alpha value is -3.55. The van der Waals surface area contributed by atoms with Crippen LogP contribution in [0.4, 0.5) is 11.5 Å². The highest BCUT2D eigenvalue weighted by atomic mass is 16.5. The van der Waals surface area contributed by atoms with Gasteiger partial charge >= 0.3 is 0 Å². The van der Waals surface area contributed by atoms with Gasteiger partial charge in [-0.3, -0.25) is 4.79 Å². The molecule has 29 heavy (non-hydrogen) atoms. The third-order valence-corrected chi connectivity index (χ3v) is 4.90. The third-order valence-electron chi connectivity index (χ3n) is 4.90. The molecule has 1 amide bonds. The molecule has 1 N–H and O–H groups in total. The zero-order chi connectivity index (χ0) is 20.1. The number of nitrogens with one attached hydrogen (secondary N) is 1. The number of nitrogens with zero attached hydrogens (tertiary/aromatic N) is 4. The lowest BCUT2D eigenvalue weighted by atomic mass is 10.2. The molecule has 1 saturated heterocycles. The first-order valence-electron chi connectivity index (χ1n) is 9.52. The summed E-state index contributed by atoms with van der Waals surface area (Å²) in [7, 11) is 1.67. The van der Waals surface area contributed by atoms with Gasteiger partial charge < -0.3 is 24.3 Å². The Labute approximate surface area is 169 Å². The Morgan fingerprint density at radius 2 is 1.90 bits per heavy atom. The highest BCUT2D eigenvalue weighted by Crippen LogP contribution is 2.28. The summed E-state index contributed by atoms with van der Waals surface area (Å²) in [5.74, 6) is 2.14. The largest absolute Gasteiger partial charge is 0.495 e. The van der Waals surface area contributed by atoms with Gasteiger partial charge in [0.25, 0.3) is 5.91 Å². The number of rotatable bonds is 6. The molecule has 8 heteroatoms. The molecule has 0 unspecified atom stereocenters. The van der Waals surface area contributed by atoms with E-state index in [-0.39, 0.29) is 5.91 Å². The molecule has 2 aromatic heterocycles. The van der Waals surface area contributed by atoms with Gasteiger partial charge in [-0.1, -0.05) is 12.1 Å². The summed E-state index contributed by atoms with van der Waals surface area (Å²) in [6.45, 7) is 3.23. The summed E-state index contributed by atoms with van der Waals surface area (Å²) >= 11 is 0. The van der Waals surface area contributed by atoms with Crippen molar-refractivity contribution in [3.05, 3.63) is 66.2 Å². The van der Waals surface area contributed by atoms with Crippen molar-refractivity contribution in [2.75, 3.05) is 43.5 Å². The molecular weight excluding hydrogens is 370 g/mol. The zero-order valence-corrected chi connectivity index (χ0v) is 16.2. The lowest BCUT2D eigenvalue weighted by molar-refractivity contribution is 0.0739. The monoisotopic (exact) mass is 393 g/mol. The molecule has 0 saturated carbocycles. The van der Waals surface area contributed by atoms with Gasteiger partial charge in [0, 0.05) is 26.2 Å². The van der Waals surface area contributed by atoms with Crippen molar-refractivity contribution in [2.45, 2.75) is 6.54 Å². The average Bonchev–Trinajstić information content (AvgIpc) is 3.31. The molecular formula is C21H23N5O3. The summed E-state index contributed by atoms with van der Waals surface area (Å²) < 4.78 is 10.7. The molecule has 1 aliphatic rings. The summed E-state index contributed by atoms with van der Waals surface area (Å²) in [6.07, 6.45) is 1.62. The number of furan rings is 1. The maximum absolute atomic E-state index is 12.8. The predicted molar refractivity (Wildman–Crippen MR) is 109 cm³/mol. The van der Waals surface area contributed by atoms with Gasteiger partial charge in [-0.05, 0) is 36.4 Å². The van der Waals surface area contributed by atoms with E-state index in [2.05, 4.69) is 20.4 Å². The highest BCUT2D eigenvalue weighted by molar-refractivity contribution is 5.92. The van der Waals surface area contributed by atoms with Crippen molar-refractivity contribution >= 4 is 17.4 Å². The molecule has 8 nitrogen and oxygen atoms in total. The summed E-state index contributed by atoms with van der Waals surface area (Å²) in [5, 5.41) is 11.3. The van der Waals surface area contributed by atoms with Gasteiger partial charge in [-0.2, -0.15) is 0 Å². The van der Waals surface area contributed by atoms with Crippen LogP contribution in [0.15, 0.2) is 59.2 Å². The van der Waals surface area contributed by atoms with Gasteiger partial charge in [0.1, 0.15) is 17.3 Å². The fourth-order valence-corrected chi connectivity index (χ4v) is 3.33. The van der Waals surface area contributed by atoms with Crippen molar-refractivity contribution < 1.29 is 13.9 Å². The number of amides is 1. The predicted octanol–water partition coefficient (Wildman–Crippen LogP) is 2.65. The number of anilines is 2. The summed E-state index contributed by atoms with van der Waals surface area (Å²) in [6, 6.07) is 15.1. The molecule has 0 atom stereocenters. The molecule has 0 aliphatic carbocycles. The number of para-hydroxylation sites is 2. The first-order valence-corrected chi connectivity index (χ1v) is 9.52. The molecule has 0 bridgehead atoms. The van der Waals surface area contributed by atoms with E-state index >= 15 is 0 Å². The maximum Gasteiger partial charge on any atom is 0.274 e. The molecule has 1 fully saturated rings. The molecule has 4 rings (SSSR count). The van der Waals surface area contributed by atoms with Crippen LogP contribution in [0.2, 0.25) is 0 Å². The van der Waals surface area contributed by atoms with E-state index in [9.17, 15) is 4.79 Å². The first kappa shape index (κ1) is 18.8. The second-order valence-corrected chi connectivity index (χ2v) is 6.69. The van der Waals surface area contributed by atoms with Gasteiger partial charge in [0.15, 0.2) is 5.69 Å². The van der Waals surface area contributed by atoms with Crippen molar-refractivity contribution in [3.63, 3.8) is 0 Å². The van der Waals surface area contributed by atoms with Crippen molar-refractivity contribution in [1.29, 1.82) is 0 Å². The Kier molecular flexibility index (Phi) is 5.60. The van der Waals surface area contributed by atoms with E-state index in [0.29, 0.717) is 31.1 Å². The third kappa shape index (κ3) is 4.31. The van der Waals surface area contributed by atoms with E-state index < -0.39 is 0 Å². The van der Waals surface area contributed by atoms with Gasteiger partial charge in [0.05, 0.1) is 25.6 Å². The van der Waals surface area contributed by atoms with Gasteiger partial charge in [0.2, 0.25) is 0 Å². The van der Waals surface area contributed by atoms with Crippen molar-refractivity contribution in [3.8, 4) is 5.75 Å². The maximum atomic E-state index is 12.8. The normalized spacial score (nSPS) is 14.0. The number of piperazine rings is 1.